The van der Waals surface area contributed by atoms with Gasteiger partial charge in [0, 0.05) is 25.7 Å². The van der Waals surface area contributed by atoms with Crippen molar-refractivity contribution in [2.45, 2.75) is 17.9 Å². The number of nitrogen functional groups attached to an aromatic ring is 1. The van der Waals surface area contributed by atoms with E-state index in [9.17, 15) is 12.8 Å². The van der Waals surface area contributed by atoms with Gasteiger partial charge in [-0.25, -0.2) is 17.5 Å². The Morgan fingerprint density at radius 3 is 2.71 bits per heavy atom. The van der Waals surface area contributed by atoms with Gasteiger partial charge in [-0.1, -0.05) is 0 Å². The molecule has 0 aromatic heterocycles. The largest absolute Gasteiger partial charge is 0.396 e. The highest BCUT2D eigenvalue weighted by Gasteiger charge is 2.21. The maximum atomic E-state index is 13.4. The number of benzene rings is 1. The monoisotopic (exact) mass is 317 g/mol. The van der Waals surface area contributed by atoms with E-state index in [0.29, 0.717) is 19.8 Å². The number of ether oxygens (including phenoxy) is 1. The second-order valence-corrected chi connectivity index (χ2v) is 6.83. The third kappa shape index (κ3) is 4.37. The van der Waals surface area contributed by atoms with Crippen molar-refractivity contribution in [2.24, 2.45) is 0 Å². The van der Waals surface area contributed by atoms with E-state index in [2.05, 4.69) is 9.62 Å². The Balaban J connectivity index is 2.00. The highest BCUT2D eigenvalue weighted by atomic mass is 32.2. The summed E-state index contributed by atoms with van der Waals surface area (Å²) < 4.78 is 45.5. The number of morpholine rings is 1. The van der Waals surface area contributed by atoms with E-state index in [1.54, 1.807) is 6.92 Å². The molecule has 1 unspecified atom stereocenters. The van der Waals surface area contributed by atoms with Crippen LogP contribution >= 0.6 is 0 Å². The molecule has 2 rings (SSSR count). The Morgan fingerprint density at radius 1 is 1.43 bits per heavy atom. The molecule has 1 heterocycles. The number of hydrogen-bond donors (Lipinski definition) is 2. The van der Waals surface area contributed by atoms with Crippen LogP contribution in [0.5, 0.6) is 0 Å². The number of rotatable bonds is 5. The fourth-order valence-corrected chi connectivity index (χ4v) is 3.46. The number of nitrogens with one attached hydrogen (secondary N) is 1. The first kappa shape index (κ1) is 16.2. The zero-order valence-electron chi connectivity index (χ0n) is 11.9. The fraction of sp³-hybridized carbons (Fsp3) is 0.538. The van der Waals surface area contributed by atoms with Crippen molar-refractivity contribution in [3.8, 4) is 0 Å². The Hall–Kier alpha value is -1.22. The van der Waals surface area contributed by atoms with Gasteiger partial charge in [0.2, 0.25) is 10.0 Å². The third-order valence-electron chi connectivity index (χ3n) is 3.27. The second-order valence-electron chi connectivity index (χ2n) is 5.12. The average molecular weight is 317 g/mol. The van der Waals surface area contributed by atoms with Crippen molar-refractivity contribution >= 4 is 15.7 Å². The molecular formula is C13H20FN3O3S. The first-order valence-electron chi connectivity index (χ1n) is 6.76. The van der Waals surface area contributed by atoms with E-state index in [1.165, 1.54) is 12.1 Å². The molecule has 1 aromatic rings. The summed E-state index contributed by atoms with van der Waals surface area (Å²) in [5.74, 6) is -0.737. The molecule has 0 amide bonds. The molecule has 6 nitrogen and oxygen atoms in total. The van der Waals surface area contributed by atoms with Gasteiger partial charge >= 0.3 is 0 Å². The summed E-state index contributed by atoms with van der Waals surface area (Å²) in [6.07, 6.45) is 0. The molecule has 3 N–H and O–H groups in total. The normalized spacial score (nSPS) is 18.6. The van der Waals surface area contributed by atoms with Crippen LogP contribution in [-0.2, 0) is 14.8 Å². The summed E-state index contributed by atoms with van der Waals surface area (Å²) >= 11 is 0. The van der Waals surface area contributed by atoms with Crippen LogP contribution in [0.15, 0.2) is 23.1 Å². The molecule has 1 aliphatic rings. The summed E-state index contributed by atoms with van der Waals surface area (Å²) in [7, 11) is -3.75. The molecule has 1 aromatic carbocycles. The number of hydrogen-bond acceptors (Lipinski definition) is 5. The Labute approximate surface area is 124 Å². The van der Waals surface area contributed by atoms with E-state index in [0.717, 1.165) is 19.2 Å². The predicted molar refractivity (Wildman–Crippen MR) is 77.9 cm³/mol. The van der Waals surface area contributed by atoms with Gasteiger partial charge in [0.25, 0.3) is 0 Å². The lowest BCUT2D eigenvalue weighted by molar-refractivity contribution is 0.0354. The minimum absolute atomic E-state index is 0.0738. The molecule has 0 bridgehead atoms. The Bertz CT molecular complexity index is 588. The van der Waals surface area contributed by atoms with E-state index in [1.807, 2.05) is 0 Å². The van der Waals surface area contributed by atoms with Crippen LogP contribution in [-0.4, -0.2) is 52.2 Å². The quantitative estimate of drug-likeness (QED) is 0.768. The van der Waals surface area contributed by atoms with Crippen molar-refractivity contribution in [2.75, 3.05) is 38.6 Å². The van der Waals surface area contributed by atoms with Crippen LogP contribution in [0.4, 0.5) is 10.1 Å². The molecule has 1 aliphatic heterocycles. The van der Waals surface area contributed by atoms with Crippen molar-refractivity contribution in [1.29, 1.82) is 0 Å². The lowest BCUT2D eigenvalue weighted by atomic mass is 10.3. The molecule has 1 atom stereocenters. The minimum atomic E-state index is -3.75. The SMILES string of the molecule is CC(CN1CCOCC1)NS(=O)(=O)c1ccc(N)c(F)c1. The molecule has 21 heavy (non-hydrogen) atoms. The molecule has 0 aliphatic carbocycles. The zero-order valence-corrected chi connectivity index (χ0v) is 12.7. The second kappa shape index (κ2) is 6.69. The fourth-order valence-electron chi connectivity index (χ4n) is 2.22. The molecular weight excluding hydrogens is 297 g/mol. The van der Waals surface area contributed by atoms with Gasteiger partial charge in [0.15, 0.2) is 0 Å². The van der Waals surface area contributed by atoms with Gasteiger partial charge in [0.05, 0.1) is 23.8 Å². The maximum absolute atomic E-state index is 13.4. The summed E-state index contributed by atoms with van der Waals surface area (Å²) in [5, 5.41) is 0. The average Bonchev–Trinajstić information content (AvgIpc) is 2.42. The van der Waals surface area contributed by atoms with E-state index in [-0.39, 0.29) is 16.6 Å². The van der Waals surface area contributed by atoms with Crippen LogP contribution in [0.2, 0.25) is 0 Å². The minimum Gasteiger partial charge on any atom is -0.396 e. The highest BCUT2D eigenvalue weighted by Crippen LogP contribution is 2.16. The third-order valence-corrected chi connectivity index (χ3v) is 4.86. The summed E-state index contributed by atoms with van der Waals surface area (Å²) in [6.45, 7) is 5.23. The lowest BCUT2D eigenvalue weighted by Gasteiger charge is -2.29. The van der Waals surface area contributed by atoms with Gasteiger partial charge < -0.3 is 10.5 Å². The molecule has 8 heteroatoms. The predicted octanol–water partition coefficient (Wildman–Crippen LogP) is 0.407. The smallest absolute Gasteiger partial charge is 0.240 e. The lowest BCUT2D eigenvalue weighted by Crippen LogP contribution is -2.45. The van der Waals surface area contributed by atoms with Gasteiger partial charge in [-0.2, -0.15) is 0 Å². The first-order chi connectivity index (χ1) is 9.88. The van der Waals surface area contributed by atoms with Gasteiger partial charge in [-0.05, 0) is 25.1 Å². The van der Waals surface area contributed by atoms with Gasteiger partial charge in [0.1, 0.15) is 5.82 Å². The molecule has 1 saturated heterocycles. The summed E-state index contributed by atoms with van der Waals surface area (Å²) in [5.41, 5.74) is 5.27. The number of anilines is 1. The van der Waals surface area contributed by atoms with Crippen LogP contribution in [0.25, 0.3) is 0 Å². The van der Waals surface area contributed by atoms with Crippen molar-refractivity contribution in [1.82, 2.24) is 9.62 Å². The molecule has 0 saturated carbocycles. The number of halogens is 1. The van der Waals surface area contributed by atoms with Gasteiger partial charge in [-0.15, -0.1) is 0 Å². The van der Waals surface area contributed by atoms with Crippen LogP contribution in [0.3, 0.4) is 0 Å². The Kier molecular flexibility index (Phi) is 5.15. The zero-order chi connectivity index (χ0) is 15.5. The highest BCUT2D eigenvalue weighted by molar-refractivity contribution is 7.89. The van der Waals surface area contributed by atoms with Gasteiger partial charge in [-0.3, -0.25) is 4.90 Å². The molecule has 118 valence electrons. The van der Waals surface area contributed by atoms with Crippen molar-refractivity contribution < 1.29 is 17.5 Å². The van der Waals surface area contributed by atoms with Crippen LogP contribution in [0, 0.1) is 5.82 Å². The van der Waals surface area contributed by atoms with Crippen molar-refractivity contribution in [3.05, 3.63) is 24.0 Å². The van der Waals surface area contributed by atoms with E-state index < -0.39 is 15.8 Å². The summed E-state index contributed by atoms with van der Waals surface area (Å²) in [4.78, 5) is 2.00. The standard InChI is InChI=1S/C13H20FN3O3S/c1-10(9-17-4-6-20-7-5-17)16-21(18,19)11-2-3-13(15)12(14)8-11/h2-3,8,10,16H,4-7,9,15H2,1H3. The number of nitrogens with zero attached hydrogens (tertiary/aromatic N) is 1. The first-order valence-corrected chi connectivity index (χ1v) is 8.24. The summed E-state index contributed by atoms with van der Waals surface area (Å²) in [6, 6.07) is 3.19. The van der Waals surface area contributed by atoms with Crippen LogP contribution in [0.1, 0.15) is 6.92 Å². The maximum Gasteiger partial charge on any atom is 0.240 e. The van der Waals surface area contributed by atoms with E-state index in [4.69, 9.17) is 10.5 Å². The Morgan fingerprint density at radius 2 is 2.10 bits per heavy atom. The molecule has 0 radical (unpaired) electrons. The number of sulfonamides is 1. The molecule has 0 spiro atoms. The van der Waals surface area contributed by atoms with E-state index >= 15 is 0 Å². The number of nitrogens with two attached hydrogens (primary N) is 1. The van der Waals surface area contributed by atoms with Crippen LogP contribution < -0.4 is 10.5 Å². The van der Waals surface area contributed by atoms with Crippen molar-refractivity contribution in [3.63, 3.8) is 0 Å². The molecule has 1 fully saturated rings. The topological polar surface area (TPSA) is 84.7 Å².